The molecule has 1 unspecified atom stereocenters. The molecule has 3 nitrogen and oxygen atoms in total. The second-order valence-electron chi connectivity index (χ2n) is 4.58. The van der Waals surface area contributed by atoms with Crippen molar-refractivity contribution in [1.29, 1.82) is 0 Å². The highest BCUT2D eigenvalue weighted by molar-refractivity contribution is 6.32. The van der Waals surface area contributed by atoms with Crippen LogP contribution >= 0.6 is 11.6 Å². The fourth-order valence-corrected chi connectivity index (χ4v) is 1.91. The second kappa shape index (κ2) is 8.11. The Morgan fingerprint density at radius 1 is 1.18 bits per heavy atom. The molecule has 1 N–H and O–H groups in total. The molecule has 0 aliphatic heterocycles. The molecule has 0 radical (unpaired) electrons. The molecule has 4 heteroatoms. The maximum absolute atomic E-state index is 11.9. The zero-order valence-electron chi connectivity index (χ0n) is 12.2. The summed E-state index contributed by atoms with van der Waals surface area (Å²) >= 11 is 5.99. The Labute approximate surface area is 135 Å². The largest absolute Gasteiger partial charge is 0.479 e. The number of hydrogen-bond donors (Lipinski definition) is 1. The number of nitrogens with one attached hydrogen (secondary N) is 1. The molecule has 0 aromatic heterocycles. The zero-order valence-corrected chi connectivity index (χ0v) is 12.9. The normalized spacial score (nSPS) is 11.0. The van der Waals surface area contributed by atoms with Gasteiger partial charge < -0.3 is 10.1 Å². The summed E-state index contributed by atoms with van der Waals surface area (Å²) in [4.78, 5) is 11.9. The summed E-state index contributed by atoms with van der Waals surface area (Å²) in [6, 6.07) is 16.6. The molecule has 22 heavy (non-hydrogen) atoms. The lowest BCUT2D eigenvalue weighted by Crippen LogP contribution is -2.36. The second-order valence-corrected chi connectivity index (χ2v) is 4.98. The smallest absolute Gasteiger partial charge is 0.261 e. The SMILES string of the molecule is CC(Oc1ccccc1Cl)C(=O)NCC#Cc1ccccc1. The highest BCUT2D eigenvalue weighted by Crippen LogP contribution is 2.24. The highest BCUT2D eigenvalue weighted by Gasteiger charge is 2.14. The van der Waals surface area contributed by atoms with Crippen molar-refractivity contribution in [3.05, 3.63) is 65.2 Å². The number of carbonyl (C=O) groups excluding carboxylic acids is 1. The molecule has 0 fully saturated rings. The average molecular weight is 314 g/mol. The predicted octanol–water partition coefficient (Wildman–Crippen LogP) is 3.28. The van der Waals surface area contributed by atoms with E-state index in [9.17, 15) is 4.79 Å². The van der Waals surface area contributed by atoms with Crippen LogP contribution in [0.25, 0.3) is 0 Å². The predicted molar refractivity (Wildman–Crippen MR) is 87.9 cm³/mol. The van der Waals surface area contributed by atoms with E-state index in [2.05, 4.69) is 17.2 Å². The van der Waals surface area contributed by atoms with Crippen LogP contribution < -0.4 is 10.1 Å². The lowest BCUT2D eigenvalue weighted by molar-refractivity contribution is -0.126. The Bertz CT molecular complexity index is 689. The summed E-state index contributed by atoms with van der Waals surface area (Å²) in [6.45, 7) is 1.94. The van der Waals surface area contributed by atoms with Gasteiger partial charge in [0.1, 0.15) is 5.75 Å². The minimum atomic E-state index is -0.640. The highest BCUT2D eigenvalue weighted by atomic mass is 35.5. The first-order valence-electron chi connectivity index (χ1n) is 6.89. The monoisotopic (exact) mass is 313 g/mol. The van der Waals surface area contributed by atoms with Gasteiger partial charge in [-0.05, 0) is 31.2 Å². The van der Waals surface area contributed by atoms with E-state index in [1.165, 1.54) is 0 Å². The van der Waals surface area contributed by atoms with Crippen LogP contribution in [0.3, 0.4) is 0 Å². The molecule has 0 heterocycles. The number of amides is 1. The number of hydrogen-bond acceptors (Lipinski definition) is 2. The maximum Gasteiger partial charge on any atom is 0.261 e. The van der Waals surface area contributed by atoms with Gasteiger partial charge in [0.05, 0.1) is 11.6 Å². The molecule has 0 aliphatic rings. The van der Waals surface area contributed by atoms with Crippen molar-refractivity contribution in [2.45, 2.75) is 13.0 Å². The Hall–Kier alpha value is -2.44. The molecule has 1 amide bonds. The van der Waals surface area contributed by atoms with E-state index in [4.69, 9.17) is 16.3 Å². The number of benzene rings is 2. The van der Waals surface area contributed by atoms with Gasteiger partial charge in [-0.25, -0.2) is 0 Å². The molecule has 1 atom stereocenters. The standard InChI is InChI=1S/C18H16ClNO2/c1-14(22-17-12-6-5-11-16(17)19)18(21)20-13-7-10-15-8-3-2-4-9-15/h2-6,8-9,11-12,14H,13H2,1H3,(H,20,21). The van der Waals surface area contributed by atoms with Gasteiger partial charge in [-0.15, -0.1) is 0 Å². The minimum absolute atomic E-state index is 0.234. The lowest BCUT2D eigenvalue weighted by atomic mass is 10.2. The molecule has 0 saturated heterocycles. The van der Waals surface area contributed by atoms with Crippen LogP contribution in [0.4, 0.5) is 0 Å². The summed E-state index contributed by atoms with van der Waals surface area (Å²) in [5.74, 6) is 6.12. The van der Waals surface area contributed by atoms with E-state index in [1.807, 2.05) is 30.3 Å². The summed E-state index contributed by atoms with van der Waals surface area (Å²) in [6.07, 6.45) is -0.640. The van der Waals surface area contributed by atoms with Crippen LogP contribution in [0.15, 0.2) is 54.6 Å². The number of halogens is 1. The van der Waals surface area contributed by atoms with E-state index >= 15 is 0 Å². The van der Waals surface area contributed by atoms with Gasteiger partial charge >= 0.3 is 0 Å². The van der Waals surface area contributed by atoms with Crippen molar-refractivity contribution in [2.75, 3.05) is 6.54 Å². The Kier molecular flexibility index (Phi) is 5.88. The van der Waals surface area contributed by atoms with E-state index in [1.54, 1.807) is 31.2 Å². The number of rotatable bonds is 4. The van der Waals surface area contributed by atoms with Crippen LogP contribution in [-0.2, 0) is 4.79 Å². The van der Waals surface area contributed by atoms with E-state index < -0.39 is 6.10 Å². The first-order chi connectivity index (χ1) is 10.7. The molecule has 0 spiro atoms. The Morgan fingerprint density at radius 2 is 1.86 bits per heavy atom. The van der Waals surface area contributed by atoms with E-state index in [0.717, 1.165) is 5.56 Å². The topological polar surface area (TPSA) is 38.3 Å². The summed E-state index contributed by atoms with van der Waals surface area (Å²) < 4.78 is 5.53. The van der Waals surface area contributed by atoms with Crippen molar-refractivity contribution in [3.63, 3.8) is 0 Å². The first kappa shape index (κ1) is 15.9. The molecule has 2 rings (SSSR count). The van der Waals surface area contributed by atoms with Crippen molar-refractivity contribution < 1.29 is 9.53 Å². The molecule has 112 valence electrons. The fraction of sp³-hybridized carbons (Fsp3) is 0.167. The van der Waals surface area contributed by atoms with Gasteiger partial charge in [0.2, 0.25) is 0 Å². The van der Waals surface area contributed by atoms with Gasteiger partial charge in [-0.2, -0.15) is 0 Å². The minimum Gasteiger partial charge on any atom is -0.479 e. The van der Waals surface area contributed by atoms with E-state index in [0.29, 0.717) is 10.8 Å². The summed E-state index contributed by atoms with van der Waals surface area (Å²) in [5.41, 5.74) is 0.914. The first-order valence-corrected chi connectivity index (χ1v) is 7.27. The van der Waals surface area contributed by atoms with Gasteiger partial charge in [0, 0.05) is 5.56 Å². The van der Waals surface area contributed by atoms with Crippen LogP contribution in [0.2, 0.25) is 5.02 Å². The number of para-hydroxylation sites is 1. The summed E-state index contributed by atoms with van der Waals surface area (Å²) in [7, 11) is 0. The van der Waals surface area contributed by atoms with Crippen molar-refractivity contribution >= 4 is 17.5 Å². The fourth-order valence-electron chi connectivity index (χ4n) is 1.73. The van der Waals surface area contributed by atoms with Gasteiger partial charge in [0.15, 0.2) is 6.10 Å². The molecule has 2 aromatic rings. The van der Waals surface area contributed by atoms with Crippen molar-refractivity contribution in [2.24, 2.45) is 0 Å². The average Bonchev–Trinajstić information content (AvgIpc) is 2.54. The van der Waals surface area contributed by atoms with E-state index in [-0.39, 0.29) is 12.5 Å². The van der Waals surface area contributed by atoms with Gasteiger partial charge in [-0.1, -0.05) is 53.8 Å². The van der Waals surface area contributed by atoms with Gasteiger partial charge in [-0.3, -0.25) is 4.79 Å². The van der Waals surface area contributed by atoms with Crippen LogP contribution in [0.1, 0.15) is 12.5 Å². The molecule has 0 bridgehead atoms. The number of carbonyl (C=O) groups is 1. The Morgan fingerprint density at radius 3 is 2.59 bits per heavy atom. The third-order valence-corrected chi connectivity index (χ3v) is 3.18. The van der Waals surface area contributed by atoms with Gasteiger partial charge in [0.25, 0.3) is 5.91 Å². The molecule has 2 aromatic carbocycles. The molecule has 0 saturated carbocycles. The quantitative estimate of drug-likeness (QED) is 0.880. The molecular weight excluding hydrogens is 298 g/mol. The van der Waals surface area contributed by atoms with Crippen LogP contribution in [0, 0.1) is 11.8 Å². The number of ether oxygens (including phenoxy) is 1. The summed E-state index contributed by atoms with van der Waals surface area (Å²) in [5, 5.41) is 3.19. The van der Waals surface area contributed by atoms with Crippen molar-refractivity contribution in [1.82, 2.24) is 5.32 Å². The molecule has 0 aliphatic carbocycles. The Balaban J connectivity index is 1.82. The van der Waals surface area contributed by atoms with Crippen LogP contribution in [-0.4, -0.2) is 18.6 Å². The zero-order chi connectivity index (χ0) is 15.8. The van der Waals surface area contributed by atoms with Crippen molar-refractivity contribution in [3.8, 4) is 17.6 Å². The third kappa shape index (κ3) is 4.83. The van der Waals surface area contributed by atoms with Crippen LogP contribution in [0.5, 0.6) is 5.75 Å². The third-order valence-electron chi connectivity index (χ3n) is 2.87. The maximum atomic E-state index is 11.9. The molecular formula is C18H16ClNO2. The lowest BCUT2D eigenvalue weighted by Gasteiger charge is -2.14.